The first-order chi connectivity index (χ1) is 25.3. The Morgan fingerprint density at radius 3 is 1.63 bits per heavy atom. The molecule has 0 spiro atoms. The number of pyridine rings is 2. The highest BCUT2D eigenvalue weighted by molar-refractivity contribution is 6.11. The van der Waals surface area contributed by atoms with E-state index in [1.165, 1.54) is 16.3 Å². The standard InChI is InChI=1S/C43H25N7O/c1-3-9-30(10-4-1)49-38-14-8-7-13-32(38)33-17-15-26(21-39(33)49)28-19-35-36-20-29(24-45-43(36)51-42(35)44-23-28)27-16-18-34-37-25-46-48-47-41(37)50(40(34)22-27)31-11-5-2-6-12-31/h1-25H. The molecule has 0 atom stereocenters. The molecule has 5 aromatic carbocycles. The molecule has 0 aliphatic rings. The Balaban J connectivity index is 1.07. The van der Waals surface area contributed by atoms with E-state index in [0.717, 1.165) is 71.9 Å². The van der Waals surface area contributed by atoms with Gasteiger partial charge in [0.15, 0.2) is 5.65 Å². The lowest BCUT2D eigenvalue weighted by molar-refractivity contribution is 0.640. The van der Waals surface area contributed by atoms with Crippen molar-refractivity contribution in [3.05, 3.63) is 152 Å². The fourth-order valence-electron chi connectivity index (χ4n) is 7.56. The molecule has 0 fully saturated rings. The molecule has 8 heteroatoms. The zero-order chi connectivity index (χ0) is 33.5. The smallest absolute Gasteiger partial charge is 0.229 e. The van der Waals surface area contributed by atoms with Gasteiger partial charge < -0.3 is 8.98 Å². The van der Waals surface area contributed by atoms with Crippen LogP contribution in [0, 0.1) is 0 Å². The lowest BCUT2D eigenvalue weighted by atomic mass is 10.0. The minimum atomic E-state index is 0.555. The second kappa shape index (κ2) is 10.7. The normalized spacial score (nSPS) is 11.9. The monoisotopic (exact) mass is 655 g/mol. The predicted octanol–water partition coefficient (Wildman–Crippen LogP) is 10.1. The summed E-state index contributed by atoms with van der Waals surface area (Å²) in [5.41, 5.74) is 11.4. The Bertz CT molecular complexity index is 2930. The molecule has 0 saturated heterocycles. The molecular formula is C43H25N7O. The van der Waals surface area contributed by atoms with E-state index < -0.39 is 0 Å². The van der Waals surface area contributed by atoms with Crippen LogP contribution in [0.25, 0.3) is 99.6 Å². The number of nitrogens with zero attached hydrogens (tertiary/aromatic N) is 7. The van der Waals surface area contributed by atoms with Gasteiger partial charge in [0.05, 0.1) is 33.5 Å². The van der Waals surface area contributed by atoms with Crippen molar-refractivity contribution in [2.24, 2.45) is 0 Å². The van der Waals surface area contributed by atoms with Gasteiger partial charge in [-0.15, -0.1) is 10.2 Å². The molecule has 6 heterocycles. The zero-order valence-corrected chi connectivity index (χ0v) is 27.0. The van der Waals surface area contributed by atoms with Gasteiger partial charge >= 0.3 is 0 Å². The molecule has 0 radical (unpaired) electrons. The Kier molecular flexibility index (Phi) is 5.79. The Morgan fingerprint density at radius 1 is 0.412 bits per heavy atom. The summed E-state index contributed by atoms with van der Waals surface area (Å²) in [5.74, 6) is 0. The maximum atomic E-state index is 6.16. The fourth-order valence-corrected chi connectivity index (χ4v) is 7.56. The number of hydrogen-bond acceptors (Lipinski definition) is 6. The van der Waals surface area contributed by atoms with Gasteiger partial charge in [0.2, 0.25) is 11.4 Å². The van der Waals surface area contributed by atoms with Gasteiger partial charge in [-0.1, -0.05) is 78.9 Å². The number of para-hydroxylation sites is 3. The first-order valence-electron chi connectivity index (χ1n) is 16.7. The lowest BCUT2D eigenvalue weighted by Gasteiger charge is -2.09. The lowest BCUT2D eigenvalue weighted by Crippen LogP contribution is -1.96. The van der Waals surface area contributed by atoms with Gasteiger partial charge in [0, 0.05) is 56.4 Å². The zero-order valence-electron chi connectivity index (χ0n) is 27.0. The third kappa shape index (κ3) is 4.17. The second-order valence-electron chi connectivity index (χ2n) is 12.7. The minimum absolute atomic E-state index is 0.555. The number of fused-ring (bicyclic) bond motifs is 9. The van der Waals surface area contributed by atoms with Gasteiger partial charge in [-0.3, -0.25) is 4.57 Å². The van der Waals surface area contributed by atoms with Crippen LogP contribution in [0.4, 0.5) is 0 Å². The van der Waals surface area contributed by atoms with Crippen molar-refractivity contribution in [1.29, 1.82) is 0 Å². The predicted molar refractivity (Wildman–Crippen MR) is 202 cm³/mol. The highest BCUT2D eigenvalue weighted by Crippen LogP contribution is 2.38. The Hall–Kier alpha value is -7.19. The second-order valence-corrected chi connectivity index (χ2v) is 12.7. The van der Waals surface area contributed by atoms with E-state index in [1.54, 1.807) is 6.20 Å². The summed E-state index contributed by atoms with van der Waals surface area (Å²) in [6.45, 7) is 0. The topological polar surface area (TPSA) is 87.4 Å². The van der Waals surface area contributed by atoms with Crippen LogP contribution in [0.1, 0.15) is 0 Å². The summed E-state index contributed by atoms with van der Waals surface area (Å²) >= 11 is 0. The molecule has 0 amide bonds. The van der Waals surface area contributed by atoms with E-state index in [2.05, 4.69) is 140 Å². The molecule has 0 aliphatic heterocycles. The molecule has 0 bridgehead atoms. The summed E-state index contributed by atoms with van der Waals surface area (Å²) < 4.78 is 10.6. The van der Waals surface area contributed by atoms with Crippen LogP contribution in [0.5, 0.6) is 0 Å². The van der Waals surface area contributed by atoms with Gasteiger partial charge in [-0.2, -0.15) is 0 Å². The SMILES string of the molecule is c1ccc(-n2c3ccccc3c3ccc(-c4cnc5oc6ncc(-c7ccc8c9cnnnc9n(-c9ccccc9)c8c7)cc6c5c4)cc32)cc1. The van der Waals surface area contributed by atoms with E-state index in [-0.39, 0.29) is 0 Å². The van der Waals surface area contributed by atoms with Crippen molar-refractivity contribution in [2.75, 3.05) is 0 Å². The van der Waals surface area contributed by atoms with Crippen LogP contribution in [0.3, 0.4) is 0 Å². The molecule has 6 aromatic heterocycles. The number of furan rings is 1. The molecule has 11 aromatic rings. The first kappa shape index (κ1) is 27.7. The third-order valence-electron chi connectivity index (χ3n) is 9.91. The summed E-state index contributed by atoms with van der Waals surface area (Å²) in [5, 5.41) is 18.7. The van der Waals surface area contributed by atoms with Crippen LogP contribution in [-0.4, -0.2) is 34.5 Å². The largest absolute Gasteiger partial charge is 0.419 e. The van der Waals surface area contributed by atoms with Crippen LogP contribution in [-0.2, 0) is 0 Å². The quantitative estimate of drug-likeness (QED) is 0.188. The molecule has 0 unspecified atom stereocenters. The third-order valence-corrected chi connectivity index (χ3v) is 9.91. The number of benzene rings is 5. The first-order valence-corrected chi connectivity index (χ1v) is 16.7. The van der Waals surface area contributed by atoms with Crippen molar-refractivity contribution in [3.8, 4) is 33.6 Å². The van der Waals surface area contributed by atoms with Crippen LogP contribution < -0.4 is 0 Å². The maximum absolute atomic E-state index is 6.16. The maximum Gasteiger partial charge on any atom is 0.229 e. The summed E-state index contributed by atoms with van der Waals surface area (Å²) in [6, 6.07) is 46.7. The average Bonchev–Trinajstić information content (AvgIpc) is 3.85. The van der Waals surface area contributed by atoms with Crippen molar-refractivity contribution >= 4 is 65.9 Å². The summed E-state index contributed by atoms with van der Waals surface area (Å²) in [4.78, 5) is 9.54. The van der Waals surface area contributed by atoms with Crippen LogP contribution in [0.15, 0.2) is 156 Å². The van der Waals surface area contributed by atoms with Gasteiger partial charge in [-0.05, 0) is 70.9 Å². The molecule has 11 rings (SSSR count). The van der Waals surface area contributed by atoms with E-state index >= 15 is 0 Å². The molecule has 238 valence electrons. The molecule has 0 N–H and O–H groups in total. The number of aromatic nitrogens is 7. The highest BCUT2D eigenvalue weighted by atomic mass is 16.3. The van der Waals surface area contributed by atoms with E-state index in [1.807, 2.05) is 30.6 Å². The van der Waals surface area contributed by atoms with Gasteiger partial charge in [0.25, 0.3) is 0 Å². The Morgan fingerprint density at radius 2 is 0.961 bits per heavy atom. The van der Waals surface area contributed by atoms with Gasteiger partial charge in [-0.25, -0.2) is 9.97 Å². The van der Waals surface area contributed by atoms with Gasteiger partial charge in [0.1, 0.15) is 0 Å². The Labute approximate surface area is 289 Å². The van der Waals surface area contributed by atoms with Crippen molar-refractivity contribution in [2.45, 2.75) is 0 Å². The molecule has 8 nitrogen and oxygen atoms in total. The number of hydrogen-bond donors (Lipinski definition) is 0. The van der Waals surface area contributed by atoms with E-state index in [9.17, 15) is 0 Å². The summed E-state index contributed by atoms with van der Waals surface area (Å²) in [6.07, 6.45) is 5.52. The van der Waals surface area contributed by atoms with Crippen LogP contribution >= 0.6 is 0 Å². The molecule has 51 heavy (non-hydrogen) atoms. The molecular weight excluding hydrogens is 631 g/mol. The average molecular weight is 656 g/mol. The van der Waals surface area contributed by atoms with E-state index in [4.69, 9.17) is 14.4 Å². The van der Waals surface area contributed by atoms with Crippen molar-refractivity contribution in [3.63, 3.8) is 0 Å². The fraction of sp³-hybridized carbons (Fsp3) is 0. The molecule has 0 saturated carbocycles. The summed E-state index contributed by atoms with van der Waals surface area (Å²) in [7, 11) is 0. The van der Waals surface area contributed by atoms with E-state index in [0.29, 0.717) is 11.4 Å². The van der Waals surface area contributed by atoms with Crippen molar-refractivity contribution in [1.82, 2.24) is 34.5 Å². The highest BCUT2D eigenvalue weighted by Gasteiger charge is 2.18. The van der Waals surface area contributed by atoms with Crippen LogP contribution in [0.2, 0.25) is 0 Å². The minimum Gasteiger partial charge on any atom is -0.419 e. The van der Waals surface area contributed by atoms with Crippen molar-refractivity contribution < 1.29 is 4.42 Å². The number of rotatable bonds is 4. The molecule has 0 aliphatic carbocycles.